The van der Waals surface area contributed by atoms with Gasteiger partial charge in [0.25, 0.3) is 0 Å². The van der Waals surface area contributed by atoms with Gasteiger partial charge in [-0.2, -0.15) is 0 Å². The fourth-order valence-corrected chi connectivity index (χ4v) is 4.86. The van der Waals surface area contributed by atoms with E-state index in [1.807, 2.05) is 54.6 Å². The molecule has 33 heavy (non-hydrogen) atoms. The van der Waals surface area contributed by atoms with E-state index in [0.717, 1.165) is 62.1 Å². The van der Waals surface area contributed by atoms with E-state index in [1.165, 1.54) is 0 Å². The standard InChI is InChI=1S/C30H20BO2/c32-30-28(24-16-14-20-8-2-4-10-22(20)18-24)26-12-6-5-11-25(26)27(29(30)31-33)23-15-13-19-7-1-3-9-21(19)17-23/h1-18,32-33H. The summed E-state index contributed by atoms with van der Waals surface area (Å²) in [6.45, 7) is 0. The average molecular weight is 423 g/mol. The number of fused-ring (bicyclic) bond motifs is 3. The van der Waals surface area contributed by atoms with Crippen molar-refractivity contribution in [3.63, 3.8) is 0 Å². The second-order valence-corrected chi connectivity index (χ2v) is 8.31. The minimum Gasteiger partial charge on any atom is -0.508 e. The number of rotatable bonds is 3. The minimum absolute atomic E-state index is 0.0784. The Bertz CT molecular complexity index is 1670. The Morgan fingerprint density at radius 2 is 0.939 bits per heavy atom. The normalized spacial score (nSPS) is 11.3. The maximum Gasteiger partial charge on any atom is 0.331 e. The number of aromatic hydroxyl groups is 1. The molecule has 2 nitrogen and oxygen atoms in total. The summed E-state index contributed by atoms with van der Waals surface area (Å²) in [4.78, 5) is 0. The van der Waals surface area contributed by atoms with Crippen molar-refractivity contribution in [2.24, 2.45) is 0 Å². The van der Waals surface area contributed by atoms with Gasteiger partial charge in [0, 0.05) is 5.56 Å². The molecule has 1 radical (unpaired) electrons. The Kier molecular flexibility index (Phi) is 4.64. The molecule has 3 heteroatoms. The van der Waals surface area contributed by atoms with Crippen molar-refractivity contribution in [2.75, 3.05) is 0 Å². The molecule has 0 aromatic heterocycles. The first kappa shape index (κ1) is 19.6. The van der Waals surface area contributed by atoms with Crippen LogP contribution in [0.1, 0.15) is 0 Å². The predicted molar refractivity (Wildman–Crippen MR) is 139 cm³/mol. The smallest absolute Gasteiger partial charge is 0.331 e. The summed E-state index contributed by atoms with van der Waals surface area (Å²) in [5.41, 5.74) is 3.83. The number of phenols is 1. The summed E-state index contributed by atoms with van der Waals surface area (Å²) in [7, 11) is 1.02. The van der Waals surface area contributed by atoms with E-state index in [1.54, 1.807) is 0 Å². The first-order valence-corrected chi connectivity index (χ1v) is 11.0. The van der Waals surface area contributed by atoms with Crippen LogP contribution in [0.25, 0.3) is 54.6 Å². The van der Waals surface area contributed by atoms with Gasteiger partial charge in [-0.25, -0.2) is 0 Å². The van der Waals surface area contributed by atoms with Crippen molar-refractivity contribution in [1.29, 1.82) is 0 Å². The highest BCUT2D eigenvalue weighted by molar-refractivity contribution is 6.51. The Balaban J connectivity index is 1.68. The van der Waals surface area contributed by atoms with Crippen LogP contribution >= 0.6 is 0 Å². The van der Waals surface area contributed by atoms with Gasteiger partial charge in [-0.1, -0.05) is 97.1 Å². The Hall–Kier alpha value is -4.08. The first-order valence-electron chi connectivity index (χ1n) is 11.0. The van der Waals surface area contributed by atoms with Crippen LogP contribution in [0.2, 0.25) is 0 Å². The molecule has 6 aromatic rings. The van der Waals surface area contributed by atoms with Gasteiger partial charge in [-0.3, -0.25) is 0 Å². The highest BCUT2D eigenvalue weighted by atomic mass is 16.3. The van der Waals surface area contributed by atoms with Crippen molar-refractivity contribution < 1.29 is 10.1 Å². The number of phenolic OH excluding ortho intramolecular Hbond substituents is 1. The van der Waals surface area contributed by atoms with Crippen LogP contribution in [-0.4, -0.2) is 17.6 Å². The highest BCUT2D eigenvalue weighted by Gasteiger charge is 2.21. The van der Waals surface area contributed by atoms with Crippen LogP contribution in [0.4, 0.5) is 0 Å². The average Bonchev–Trinajstić information content (AvgIpc) is 2.87. The summed E-state index contributed by atoms with van der Waals surface area (Å²) in [5, 5.41) is 28.2. The van der Waals surface area contributed by atoms with Crippen molar-refractivity contribution >= 4 is 45.3 Å². The van der Waals surface area contributed by atoms with Gasteiger partial charge in [0.2, 0.25) is 0 Å². The lowest BCUT2D eigenvalue weighted by Crippen LogP contribution is -2.18. The lowest BCUT2D eigenvalue weighted by Gasteiger charge is -2.19. The van der Waals surface area contributed by atoms with E-state index in [2.05, 4.69) is 54.6 Å². The van der Waals surface area contributed by atoms with E-state index < -0.39 is 0 Å². The molecule has 0 saturated carbocycles. The van der Waals surface area contributed by atoms with Gasteiger partial charge in [-0.15, -0.1) is 0 Å². The summed E-state index contributed by atoms with van der Waals surface area (Å²) in [6, 6.07) is 36.9. The molecule has 0 bridgehead atoms. The van der Waals surface area contributed by atoms with Gasteiger partial charge in [0.05, 0.1) is 0 Å². The molecule has 0 spiro atoms. The third-order valence-electron chi connectivity index (χ3n) is 6.43. The van der Waals surface area contributed by atoms with Gasteiger partial charge < -0.3 is 10.1 Å². The van der Waals surface area contributed by atoms with Crippen molar-refractivity contribution in [3.8, 4) is 28.0 Å². The Morgan fingerprint density at radius 1 is 0.485 bits per heavy atom. The predicted octanol–water partition coefficient (Wildman–Crippen LogP) is 6.42. The minimum atomic E-state index is 0.0784. The molecule has 0 aliphatic carbocycles. The molecular weight excluding hydrogens is 403 g/mol. The van der Waals surface area contributed by atoms with Gasteiger partial charge in [-0.05, 0) is 66.6 Å². The summed E-state index contributed by atoms with van der Waals surface area (Å²) in [5.74, 6) is 0.0784. The van der Waals surface area contributed by atoms with Crippen LogP contribution in [0.5, 0.6) is 5.75 Å². The van der Waals surface area contributed by atoms with Crippen molar-refractivity contribution in [3.05, 3.63) is 109 Å². The molecule has 6 aromatic carbocycles. The van der Waals surface area contributed by atoms with E-state index in [-0.39, 0.29) is 5.75 Å². The maximum absolute atomic E-state index is 11.5. The second kappa shape index (κ2) is 7.81. The van der Waals surface area contributed by atoms with Gasteiger partial charge >= 0.3 is 7.48 Å². The Morgan fingerprint density at radius 3 is 1.48 bits per heavy atom. The molecular formula is C30H20BO2. The summed E-state index contributed by atoms with van der Waals surface area (Å²) < 4.78 is 0. The Labute approximate surface area is 192 Å². The number of hydrogen-bond donors (Lipinski definition) is 2. The van der Waals surface area contributed by atoms with Crippen LogP contribution < -0.4 is 5.46 Å². The second-order valence-electron chi connectivity index (χ2n) is 8.31. The van der Waals surface area contributed by atoms with Crippen LogP contribution in [-0.2, 0) is 0 Å². The zero-order chi connectivity index (χ0) is 22.4. The zero-order valence-electron chi connectivity index (χ0n) is 17.9. The van der Waals surface area contributed by atoms with Crippen LogP contribution in [0.3, 0.4) is 0 Å². The molecule has 0 amide bonds. The molecule has 0 heterocycles. The molecule has 2 N–H and O–H groups in total. The van der Waals surface area contributed by atoms with E-state index >= 15 is 0 Å². The van der Waals surface area contributed by atoms with Crippen molar-refractivity contribution in [1.82, 2.24) is 0 Å². The molecule has 0 saturated heterocycles. The fraction of sp³-hybridized carbons (Fsp3) is 0. The largest absolute Gasteiger partial charge is 0.508 e. The molecule has 0 aliphatic rings. The lowest BCUT2D eigenvalue weighted by atomic mass is 9.75. The first-order chi connectivity index (χ1) is 16.2. The molecule has 0 fully saturated rings. The van der Waals surface area contributed by atoms with E-state index in [0.29, 0.717) is 5.46 Å². The van der Waals surface area contributed by atoms with E-state index in [9.17, 15) is 10.1 Å². The molecule has 0 atom stereocenters. The summed E-state index contributed by atoms with van der Waals surface area (Å²) in [6.07, 6.45) is 0. The topological polar surface area (TPSA) is 40.5 Å². The number of benzene rings is 6. The third-order valence-corrected chi connectivity index (χ3v) is 6.43. The lowest BCUT2D eigenvalue weighted by molar-refractivity contribution is 0.481. The molecule has 0 aliphatic heterocycles. The van der Waals surface area contributed by atoms with Gasteiger partial charge in [0.1, 0.15) is 5.75 Å². The fourth-order valence-electron chi connectivity index (χ4n) is 4.86. The SMILES string of the molecule is O[B]c1c(O)c(-c2ccc3ccccc3c2)c2ccccc2c1-c1ccc2ccccc2c1. The number of hydrogen-bond acceptors (Lipinski definition) is 2. The van der Waals surface area contributed by atoms with Crippen molar-refractivity contribution in [2.45, 2.75) is 0 Å². The summed E-state index contributed by atoms with van der Waals surface area (Å²) >= 11 is 0. The monoisotopic (exact) mass is 423 g/mol. The van der Waals surface area contributed by atoms with Crippen LogP contribution in [0, 0.1) is 0 Å². The molecule has 0 unspecified atom stereocenters. The quantitative estimate of drug-likeness (QED) is 0.323. The van der Waals surface area contributed by atoms with Crippen LogP contribution in [0.15, 0.2) is 109 Å². The van der Waals surface area contributed by atoms with Gasteiger partial charge in [0.15, 0.2) is 0 Å². The molecule has 6 rings (SSSR count). The van der Waals surface area contributed by atoms with E-state index in [4.69, 9.17) is 0 Å². The molecule has 155 valence electrons. The zero-order valence-corrected chi connectivity index (χ0v) is 17.9. The maximum atomic E-state index is 11.5. The highest BCUT2D eigenvalue weighted by Crippen LogP contribution is 2.41. The third kappa shape index (κ3) is 3.17.